The highest BCUT2D eigenvalue weighted by molar-refractivity contribution is 5.69. The van der Waals surface area contributed by atoms with Crippen molar-refractivity contribution >= 4 is 11.9 Å². The number of carbonyl (C=O) groups is 2. The van der Waals surface area contributed by atoms with Crippen LogP contribution in [0.1, 0.15) is 27.2 Å². The van der Waals surface area contributed by atoms with Crippen molar-refractivity contribution in [3.05, 3.63) is 0 Å². The summed E-state index contributed by atoms with van der Waals surface area (Å²) in [6.45, 7) is 4.57. The number of carbonyl (C=O) groups excluding carboxylic acids is 1. The lowest BCUT2D eigenvalue weighted by Gasteiger charge is -2.13. The summed E-state index contributed by atoms with van der Waals surface area (Å²) < 4.78 is 4.77. The predicted octanol–water partition coefficient (Wildman–Crippen LogP) is 1.05. The molecule has 0 saturated carbocycles. The quantitative estimate of drug-likeness (QED) is 0.647. The smallest absolute Gasteiger partial charge is 0.306 e. The monoisotopic (exact) mass is 174 g/mol. The van der Waals surface area contributed by atoms with Crippen molar-refractivity contribution in [3.63, 3.8) is 0 Å². The van der Waals surface area contributed by atoms with Crippen LogP contribution in [0.4, 0.5) is 0 Å². The van der Waals surface area contributed by atoms with E-state index in [1.807, 2.05) is 0 Å². The molecule has 0 amide bonds. The Morgan fingerprint density at radius 3 is 2.25 bits per heavy atom. The lowest BCUT2D eigenvalue weighted by molar-refractivity contribution is -0.150. The summed E-state index contributed by atoms with van der Waals surface area (Å²) in [6.07, 6.45) is 0.0307. The first-order valence-corrected chi connectivity index (χ1v) is 3.83. The van der Waals surface area contributed by atoms with E-state index in [1.165, 1.54) is 6.92 Å². The van der Waals surface area contributed by atoms with Crippen LogP contribution in [0.3, 0.4) is 0 Å². The van der Waals surface area contributed by atoms with Crippen molar-refractivity contribution in [1.82, 2.24) is 0 Å². The van der Waals surface area contributed by atoms with Gasteiger partial charge in [0.25, 0.3) is 0 Å². The van der Waals surface area contributed by atoms with Gasteiger partial charge in [0, 0.05) is 6.92 Å². The van der Waals surface area contributed by atoms with Gasteiger partial charge in [0.1, 0.15) is 0 Å². The fourth-order valence-electron chi connectivity index (χ4n) is 0.930. The van der Waals surface area contributed by atoms with E-state index in [0.717, 1.165) is 0 Å². The molecule has 0 bridgehead atoms. The number of hydrogen-bond donors (Lipinski definition) is 1. The van der Waals surface area contributed by atoms with Gasteiger partial charge in [-0.2, -0.15) is 0 Å². The van der Waals surface area contributed by atoms with Gasteiger partial charge in [0.05, 0.1) is 12.0 Å². The second-order valence-electron chi connectivity index (χ2n) is 2.90. The van der Waals surface area contributed by atoms with Crippen LogP contribution in [0.25, 0.3) is 0 Å². The second kappa shape index (κ2) is 4.74. The molecule has 0 aromatic rings. The molecule has 0 saturated heterocycles. The molecule has 0 fully saturated rings. The second-order valence-corrected chi connectivity index (χ2v) is 2.90. The number of hydrogen-bond acceptors (Lipinski definition) is 3. The minimum absolute atomic E-state index is 0.325. The summed E-state index contributed by atoms with van der Waals surface area (Å²) in [5.41, 5.74) is 0. The van der Waals surface area contributed by atoms with Crippen molar-refractivity contribution in [1.29, 1.82) is 0 Å². The first kappa shape index (κ1) is 10.9. The Labute approximate surface area is 71.5 Å². The van der Waals surface area contributed by atoms with E-state index in [2.05, 4.69) is 0 Å². The molecule has 0 rings (SSSR count). The third-order valence-corrected chi connectivity index (χ3v) is 1.47. The largest absolute Gasteiger partial charge is 0.481 e. The Morgan fingerprint density at radius 2 is 1.92 bits per heavy atom. The normalized spacial score (nSPS) is 14.9. The van der Waals surface area contributed by atoms with Crippen LogP contribution in [0, 0.1) is 5.92 Å². The van der Waals surface area contributed by atoms with Crippen LogP contribution in [0.2, 0.25) is 0 Å². The van der Waals surface area contributed by atoms with E-state index >= 15 is 0 Å². The van der Waals surface area contributed by atoms with Gasteiger partial charge < -0.3 is 9.84 Å². The zero-order valence-electron chi connectivity index (χ0n) is 7.53. The van der Waals surface area contributed by atoms with Gasteiger partial charge in [0.15, 0.2) is 0 Å². The summed E-state index contributed by atoms with van der Waals surface area (Å²) in [4.78, 5) is 20.8. The summed E-state index contributed by atoms with van der Waals surface area (Å²) in [5, 5.41) is 8.52. The van der Waals surface area contributed by atoms with Gasteiger partial charge in [-0.05, 0) is 13.3 Å². The number of ether oxygens (including phenoxy) is 1. The Balaban J connectivity index is 3.76. The van der Waals surface area contributed by atoms with Crippen molar-refractivity contribution in [3.8, 4) is 0 Å². The number of aliphatic carboxylic acids is 1. The van der Waals surface area contributed by atoms with Crippen LogP contribution >= 0.6 is 0 Å². The standard InChI is InChI=1S/C8H14O4/c1-5(8(10)11)4-6(2)12-7(3)9/h5-6H,4H2,1-3H3,(H,10,11). The maximum Gasteiger partial charge on any atom is 0.306 e. The summed E-state index contributed by atoms with van der Waals surface area (Å²) in [5.74, 6) is -1.71. The van der Waals surface area contributed by atoms with Crippen molar-refractivity contribution < 1.29 is 19.4 Å². The topological polar surface area (TPSA) is 63.6 Å². The van der Waals surface area contributed by atoms with E-state index in [4.69, 9.17) is 9.84 Å². The Hall–Kier alpha value is -1.06. The van der Waals surface area contributed by atoms with Crippen molar-refractivity contribution in [2.45, 2.75) is 33.3 Å². The van der Waals surface area contributed by atoms with E-state index in [0.29, 0.717) is 6.42 Å². The summed E-state index contributed by atoms with van der Waals surface area (Å²) in [6, 6.07) is 0. The summed E-state index contributed by atoms with van der Waals surface area (Å²) in [7, 11) is 0. The number of carboxylic acid groups (broad SMARTS) is 1. The van der Waals surface area contributed by atoms with E-state index < -0.39 is 11.9 Å². The summed E-state index contributed by atoms with van der Waals surface area (Å²) >= 11 is 0. The molecule has 1 N–H and O–H groups in total. The zero-order valence-corrected chi connectivity index (χ0v) is 7.53. The molecule has 0 aliphatic carbocycles. The van der Waals surface area contributed by atoms with Crippen LogP contribution in [0.15, 0.2) is 0 Å². The molecule has 2 unspecified atom stereocenters. The molecule has 0 aromatic heterocycles. The van der Waals surface area contributed by atoms with Crippen molar-refractivity contribution in [2.24, 2.45) is 5.92 Å². The molecule has 4 nitrogen and oxygen atoms in total. The molecule has 12 heavy (non-hydrogen) atoms. The fourth-order valence-corrected chi connectivity index (χ4v) is 0.930. The Morgan fingerprint density at radius 1 is 1.42 bits per heavy atom. The van der Waals surface area contributed by atoms with Gasteiger partial charge >= 0.3 is 11.9 Å². The predicted molar refractivity (Wildman–Crippen MR) is 42.6 cm³/mol. The minimum atomic E-state index is -0.867. The first-order chi connectivity index (χ1) is 5.43. The molecule has 0 aromatic carbocycles. The molecule has 0 spiro atoms. The third-order valence-electron chi connectivity index (χ3n) is 1.47. The van der Waals surface area contributed by atoms with Crippen LogP contribution in [-0.4, -0.2) is 23.1 Å². The SMILES string of the molecule is CC(=O)OC(C)CC(C)C(=O)O. The maximum absolute atomic E-state index is 10.4. The van der Waals surface area contributed by atoms with Gasteiger partial charge in [-0.15, -0.1) is 0 Å². The molecule has 70 valence electrons. The zero-order chi connectivity index (χ0) is 9.72. The highest BCUT2D eigenvalue weighted by Gasteiger charge is 2.16. The number of rotatable bonds is 4. The molecule has 0 aliphatic rings. The molecular formula is C8H14O4. The third kappa shape index (κ3) is 4.71. The lowest BCUT2D eigenvalue weighted by atomic mass is 10.1. The lowest BCUT2D eigenvalue weighted by Crippen LogP contribution is -2.20. The van der Waals surface area contributed by atoms with Gasteiger partial charge in [-0.3, -0.25) is 9.59 Å². The number of carboxylic acids is 1. The van der Waals surface area contributed by atoms with Crippen LogP contribution in [-0.2, 0) is 14.3 Å². The Kier molecular flexibility index (Phi) is 4.33. The fraction of sp³-hybridized carbons (Fsp3) is 0.750. The average Bonchev–Trinajstić information content (AvgIpc) is 1.84. The minimum Gasteiger partial charge on any atom is -0.481 e. The Bertz CT molecular complexity index is 176. The molecule has 0 aliphatic heterocycles. The molecule has 2 atom stereocenters. The molecular weight excluding hydrogens is 160 g/mol. The van der Waals surface area contributed by atoms with Crippen LogP contribution < -0.4 is 0 Å². The van der Waals surface area contributed by atoms with E-state index in [9.17, 15) is 9.59 Å². The highest BCUT2D eigenvalue weighted by atomic mass is 16.5. The maximum atomic E-state index is 10.4. The van der Waals surface area contributed by atoms with Crippen LogP contribution in [0.5, 0.6) is 0 Å². The van der Waals surface area contributed by atoms with E-state index in [-0.39, 0.29) is 12.1 Å². The molecule has 4 heteroatoms. The average molecular weight is 174 g/mol. The number of esters is 1. The van der Waals surface area contributed by atoms with Gasteiger partial charge in [0.2, 0.25) is 0 Å². The highest BCUT2D eigenvalue weighted by Crippen LogP contribution is 2.08. The molecule has 0 heterocycles. The molecule has 0 radical (unpaired) electrons. The van der Waals surface area contributed by atoms with E-state index in [1.54, 1.807) is 13.8 Å². The van der Waals surface area contributed by atoms with Gasteiger partial charge in [-0.25, -0.2) is 0 Å². The van der Waals surface area contributed by atoms with Gasteiger partial charge in [-0.1, -0.05) is 6.92 Å². The van der Waals surface area contributed by atoms with Crippen molar-refractivity contribution in [2.75, 3.05) is 0 Å². The first-order valence-electron chi connectivity index (χ1n) is 3.83.